The molecule has 0 saturated heterocycles. The van der Waals surface area contributed by atoms with E-state index in [1.54, 1.807) is 18.9 Å². The number of amides is 1. The summed E-state index contributed by atoms with van der Waals surface area (Å²) in [4.78, 5) is 18.4. The van der Waals surface area contributed by atoms with Crippen molar-refractivity contribution in [1.82, 2.24) is 14.8 Å². The lowest BCUT2D eigenvalue weighted by molar-refractivity contribution is -0.113. The Morgan fingerprint density at radius 2 is 1.76 bits per heavy atom. The molecule has 4 aromatic rings. The Morgan fingerprint density at radius 3 is 2.43 bits per heavy atom. The second-order valence-electron chi connectivity index (χ2n) is 8.78. The van der Waals surface area contributed by atoms with Gasteiger partial charge in [-0.25, -0.2) is 4.68 Å². The molecule has 3 aromatic carbocycles. The van der Waals surface area contributed by atoms with Crippen LogP contribution in [0.4, 0.5) is 11.6 Å². The van der Waals surface area contributed by atoms with E-state index in [1.165, 1.54) is 11.1 Å². The van der Waals surface area contributed by atoms with Crippen molar-refractivity contribution in [2.45, 2.75) is 37.2 Å². The summed E-state index contributed by atoms with van der Waals surface area (Å²) in [7, 11) is 1.62. The molecule has 0 saturated carbocycles. The van der Waals surface area contributed by atoms with E-state index in [9.17, 15) is 4.79 Å². The van der Waals surface area contributed by atoms with Crippen LogP contribution in [0, 0.1) is 0 Å². The number of aromatic nitrogens is 3. The highest BCUT2D eigenvalue weighted by Gasteiger charge is 2.34. The molecule has 1 amide bonds. The molecule has 1 aliphatic heterocycles. The number of thioether (sulfide) groups is 1. The number of rotatable bonds is 8. The van der Waals surface area contributed by atoms with Gasteiger partial charge in [0.2, 0.25) is 11.1 Å². The number of ether oxygens (including phenoxy) is 1. The van der Waals surface area contributed by atoms with Crippen LogP contribution in [0.3, 0.4) is 0 Å². The monoisotopic (exact) mass is 511 g/mol. The van der Waals surface area contributed by atoms with Gasteiger partial charge in [-0.15, -0.1) is 5.10 Å². The van der Waals surface area contributed by atoms with Gasteiger partial charge in [-0.2, -0.15) is 4.98 Å². The predicted molar refractivity (Wildman–Crippen MR) is 148 cm³/mol. The van der Waals surface area contributed by atoms with Gasteiger partial charge in [0.1, 0.15) is 11.8 Å². The van der Waals surface area contributed by atoms with Gasteiger partial charge in [0.05, 0.1) is 12.7 Å². The van der Waals surface area contributed by atoms with Crippen LogP contribution in [0.15, 0.2) is 95.3 Å². The Balaban J connectivity index is 1.48. The lowest BCUT2D eigenvalue weighted by Crippen LogP contribution is -2.31. The molecule has 2 N–H and O–H groups in total. The SMILES string of the molecule is CCc1ccc([C@@H]2C(C(=O)Nc3ccc(OC)cc3)=C(C)Nc3nc(SCc4ccccc4)nn32)cc1. The first-order valence-corrected chi connectivity index (χ1v) is 13.2. The third-order valence-corrected chi connectivity index (χ3v) is 7.25. The van der Waals surface area contributed by atoms with Crippen LogP contribution in [-0.2, 0) is 17.0 Å². The zero-order valence-corrected chi connectivity index (χ0v) is 21.9. The highest BCUT2D eigenvalue weighted by molar-refractivity contribution is 7.98. The van der Waals surface area contributed by atoms with E-state index in [0.717, 1.165) is 29.2 Å². The molecule has 0 spiro atoms. The molecule has 5 rings (SSSR count). The first-order valence-electron chi connectivity index (χ1n) is 12.2. The van der Waals surface area contributed by atoms with Gasteiger partial charge in [0.25, 0.3) is 5.91 Å². The summed E-state index contributed by atoms with van der Waals surface area (Å²) in [6, 6.07) is 25.5. The van der Waals surface area contributed by atoms with Crippen LogP contribution in [0.1, 0.15) is 36.6 Å². The number of benzene rings is 3. The molecule has 0 unspecified atom stereocenters. The molecule has 37 heavy (non-hydrogen) atoms. The fraction of sp³-hybridized carbons (Fsp3) is 0.207. The smallest absolute Gasteiger partial charge is 0.255 e. The normalized spacial score (nSPS) is 14.6. The van der Waals surface area contributed by atoms with E-state index in [0.29, 0.717) is 22.4 Å². The van der Waals surface area contributed by atoms with Crippen LogP contribution >= 0.6 is 11.8 Å². The van der Waals surface area contributed by atoms with Crippen molar-refractivity contribution >= 4 is 29.3 Å². The van der Waals surface area contributed by atoms with Gasteiger partial charge >= 0.3 is 0 Å². The number of carbonyl (C=O) groups excluding carboxylic acids is 1. The summed E-state index contributed by atoms with van der Waals surface area (Å²) >= 11 is 1.57. The molecule has 0 aliphatic carbocycles. The lowest BCUT2D eigenvalue weighted by Gasteiger charge is -2.28. The molecule has 1 aromatic heterocycles. The highest BCUT2D eigenvalue weighted by atomic mass is 32.2. The number of aryl methyl sites for hydroxylation is 1. The van der Waals surface area contributed by atoms with Crippen molar-refractivity contribution in [3.63, 3.8) is 0 Å². The fourth-order valence-corrected chi connectivity index (χ4v) is 5.11. The summed E-state index contributed by atoms with van der Waals surface area (Å²) in [5.74, 6) is 1.92. The number of anilines is 2. The van der Waals surface area contributed by atoms with E-state index in [-0.39, 0.29) is 5.91 Å². The molecule has 188 valence electrons. The van der Waals surface area contributed by atoms with Crippen molar-refractivity contribution in [3.05, 3.63) is 107 Å². The summed E-state index contributed by atoms with van der Waals surface area (Å²) < 4.78 is 7.06. The molecule has 7 nitrogen and oxygen atoms in total. The first kappa shape index (κ1) is 24.6. The van der Waals surface area contributed by atoms with E-state index < -0.39 is 6.04 Å². The molecule has 0 bridgehead atoms. The Bertz CT molecular complexity index is 1410. The van der Waals surface area contributed by atoms with Gasteiger partial charge in [0.15, 0.2) is 0 Å². The molecule has 1 aliphatic rings. The van der Waals surface area contributed by atoms with Crippen molar-refractivity contribution in [3.8, 4) is 5.75 Å². The van der Waals surface area contributed by atoms with Crippen molar-refractivity contribution in [1.29, 1.82) is 0 Å². The van der Waals surface area contributed by atoms with Gasteiger partial charge in [-0.1, -0.05) is 73.3 Å². The number of hydrogen-bond acceptors (Lipinski definition) is 6. The van der Waals surface area contributed by atoms with Gasteiger partial charge in [-0.05, 0) is 54.3 Å². The highest BCUT2D eigenvalue weighted by Crippen LogP contribution is 2.37. The van der Waals surface area contributed by atoms with E-state index in [2.05, 4.69) is 54.0 Å². The molecule has 2 heterocycles. The van der Waals surface area contributed by atoms with E-state index >= 15 is 0 Å². The van der Waals surface area contributed by atoms with Crippen molar-refractivity contribution < 1.29 is 9.53 Å². The minimum atomic E-state index is -0.418. The van der Waals surface area contributed by atoms with Gasteiger partial charge in [0, 0.05) is 17.1 Å². The molecule has 0 radical (unpaired) electrons. The zero-order chi connectivity index (χ0) is 25.8. The Morgan fingerprint density at radius 1 is 1.03 bits per heavy atom. The summed E-state index contributed by atoms with van der Waals surface area (Å²) in [6.07, 6.45) is 0.945. The fourth-order valence-electron chi connectivity index (χ4n) is 4.33. The maximum Gasteiger partial charge on any atom is 0.255 e. The third kappa shape index (κ3) is 5.39. The van der Waals surface area contributed by atoms with E-state index in [1.807, 2.05) is 54.1 Å². The second-order valence-corrected chi connectivity index (χ2v) is 9.72. The maximum atomic E-state index is 13.7. The van der Waals surface area contributed by atoms with Crippen LogP contribution < -0.4 is 15.4 Å². The van der Waals surface area contributed by atoms with Gasteiger partial charge < -0.3 is 15.4 Å². The standard InChI is InChI=1S/C29H29N5O2S/c1-4-20-10-12-22(13-11-20)26-25(27(35)31-23-14-16-24(36-3)17-15-23)19(2)30-28-32-29(33-34(26)28)37-18-21-8-6-5-7-9-21/h5-17,26H,4,18H2,1-3H3,(H,31,35)(H,30,32,33)/t26-/m1/s1. The molecular weight excluding hydrogens is 482 g/mol. The first-order chi connectivity index (χ1) is 18.1. The number of methoxy groups -OCH3 is 1. The number of fused-ring (bicyclic) bond motifs is 1. The lowest BCUT2D eigenvalue weighted by atomic mass is 9.94. The van der Waals surface area contributed by atoms with Crippen LogP contribution in [-0.4, -0.2) is 27.8 Å². The summed E-state index contributed by atoms with van der Waals surface area (Å²) in [5, 5.41) is 11.8. The van der Waals surface area contributed by atoms with Crippen molar-refractivity contribution in [2.75, 3.05) is 17.7 Å². The quantitative estimate of drug-likeness (QED) is 0.280. The largest absolute Gasteiger partial charge is 0.497 e. The number of allylic oxidation sites excluding steroid dienone is 1. The summed E-state index contributed by atoms with van der Waals surface area (Å²) in [6.45, 7) is 4.04. The topological polar surface area (TPSA) is 81.1 Å². The number of hydrogen-bond donors (Lipinski definition) is 2. The Kier molecular flexibility index (Phi) is 7.28. The molecular formula is C29H29N5O2S. The number of carbonyl (C=O) groups is 1. The summed E-state index contributed by atoms with van der Waals surface area (Å²) in [5.41, 5.74) is 5.44. The van der Waals surface area contributed by atoms with Crippen LogP contribution in [0.5, 0.6) is 5.75 Å². The zero-order valence-electron chi connectivity index (χ0n) is 21.1. The van der Waals surface area contributed by atoms with E-state index in [4.69, 9.17) is 14.8 Å². The van der Waals surface area contributed by atoms with Gasteiger partial charge in [-0.3, -0.25) is 4.79 Å². The third-order valence-electron chi connectivity index (χ3n) is 6.34. The predicted octanol–water partition coefficient (Wildman–Crippen LogP) is 6.07. The Labute approximate surface area is 221 Å². The second kappa shape index (κ2) is 10.9. The molecule has 0 fully saturated rings. The average molecular weight is 512 g/mol. The van der Waals surface area contributed by atoms with Crippen LogP contribution in [0.25, 0.3) is 0 Å². The van der Waals surface area contributed by atoms with Crippen molar-refractivity contribution in [2.24, 2.45) is 0 Å². The average Bonchev–Trinajstić information content (AvgIpc) is 3.34. The van der Waals surface area contributed by atoms with Crippen LogP contribution in [0.2, 0.25) is 0 Å². The maximum absolute atomic E-state index is 13.7. The molecule has 8 heteroatoms. The minimum absolute atomic E-state index is 0.195. The minimum Gasteiger partial charge on any atom is -0.497 e. The number of nitrogens with one attached hydrogen (secondary N) is 2. The molecule has 1 atom stereocenters. The Hall–Kier alpha value is -4.04. The number of nitrogens with zero attached hydrogens (tertiary/aromatic N) is 3.